The van der Waals surface area contributed by atoms with E-state index in [9.17, 15) is 39.9 Å². The Morgan fingerprint density at radius 3 is 2.38 bits per heavy atom. The molecule has 0 spiro atoms. The minimum atomic E-state index is -2.85. The van der Waals surface area contributed by atoms with Gasteiger partial charge in [-0.05, 0) is 17.0 Å². The van der Waals surface area contributed by atoms with Gasteiger partial charge in [-0.3, -0.25) is 14.4 Å². The zero-order valence-electron chi connectivity index (χ0n) is 19.8. The quantitative estimate of drug-likeness (QED) is 0.272. The van der Waals surface area contributed by atoms with Crippen molar-refractivity contribution in [3.05, 3.63) is 81.6 Å². The van der Waals surface area contributed by atoms with Gasteiger partial charge in [-0.1, -0.05) is 61.5 Å². The van der Waals surface area contributed by atoms with Gasteiger partial charge in [0.15, 0.2) is 11.4 Å². The molecular formula is C28H25NO8. The van der Waals surface area contributed by atoms with E-state index in [1.165, 1.54) is 0 Å². The summed E-state index contributed by atoms with van der Waals surface area (Å²) in [6, 6.07) is 12.6. The van der Waals surface area contributed by atoms with Crippen molar-refractivity contribution in [3.8, 4) is 5.75 Å². The molecular weight excluding hydrogens is 478 g/mol. The molecule has 2 aromatic rings. The summed E-state index contributed by atoms with van der Waals surface area (Å²) in [5.41, 5.74) is 2.66. The lowest BCUT2D eigenvalue weighted by molar-refractivity contribution is -0.160. The number of fused-ring (bicyclic) bond motifs is 3. The van der Waals surface area contributed by atoms with Gasteiger partial charge in [-0.25, -0.2) is 0 Å². The van der Waals surface area contributed by atoms with Crippen molar-refractivity contribution in [1.82, 2.24) is 0 Å². The van der Waals surface area contributed by atoms with Gasteiger partial charge in [-0.2, -0.15) is 0 Å². The Kier molecular flexibility index (Phi) is 5.58. The molecule has 0 radical (unpaired) electrons. The Morgan fingerprint density at radius 1 is 1.05 bits per heavy atom. The molecule has 5 unspecified atom stereocenters. The van der Waals surface area contributed by atoms with Crippen LogP contribution < -0.4 is 5.73 Å². The Labute approximate surface area is 211 Å². The van der Waals surface area contributed by atoms with Crippen LogP contribution >= 0.6 is 0 Å². The van der Waals surface area contributed by atoms with Crippen molar-refractivity contribution in [1.29, 1.82) is 0 Å². The van der Waals surface area contributed by atoms with Gasteiger partial charge in [-0.15, -0.1) is 0 Å². The highest BCUT2D eigenvalue weighted by atomic mass is 16.4. The summed E-state index contributed by atoms with van der Waals surface area (Å²) in [5, 5.41) is 55.7. The number of primary amides is 1. The van der Waals surface area contributed by atoms with E-state index >= 15 is 0 Å². The number of phenolic OH excluding ortho intramolecular Hbond substituents is 1. The number of hydrogen-bond acceptors (Lipinski definition) is 8. The van der Waals surface area contributed by atoms with E-state index in [0.717, 1.165) is 5.56 Å². The molecule has 3 aliphatic rings. The van der Waals surface area contributed by atoms with E-state index in [1.54, 1.807) is 31.2 Å². The minimum Gasteiger partial charge on any atom is -0.508 e. The van der Waals surface area contributed by atoms with Crippen LogP contribution in [0.15, 0.2) is 59.4 Å². The summed E-state index contributed by atoms with van der Waals surface area (Å²) in [6.45, 7) is 1.69. The fourth-order valence-electron chi connectivity index (χ4n) is 5.90. The number of rotatable bonds is 3. The SMILES string of the molecule is CC1c2ccc(/C=C/c3ccccc3)c(O)c2C(O)=C2C(=O)C3(O)C(O)=C(C(N)=O)C(=O)CC3C(O)C21. The molecule has 5 rings (SSSR count). The van der Waals surface area contributed by atoms with Crippen LogP contribution in [0.1, 0.15) is 41.5 Å². The molecule has 0 aliphatic heterocycles. The standard InChI is InChI=1S/C28H25NO8/c1-12-15-10-9-14(8-7-13-5-3-2-4-6-13)22(31)19(15)24(33)21-18(12)23(32)16-11-17(30)20(27(29)36)25(34)28(16,37)26(21)35/h2-10,12,16,18,23,31-34,37H,11H2,1H3,(H2,29,36)/b8-7+. The number of aliphatic hydroxyl groups excluding tert-OH is 3. The highest BCUT2D eigenvalue weighted by Gasteiger charge is 2.64. The second-order valence-corrected chi connectivity index (χ2v) is 9.70. The highest BCUT2D eigenvalue weighted by Crippen LogP contribution is 2.55. The molecule has 37 heavy (non-hydrogen) atoms. The number of aromatic hydroxyl groups is 1. The summed E-state index contributed by atoms with van der Waals surface area (Å²) in [4.78, 5) is 38.0. The number of carbonyl (C=O) groups is 3. The first kappa shape index (κ1) is 24.5. The molecule has 1 fully saturated rings. The predicted molar refractivity (Wildman–Crippen MR) is 133 cm³/mol. The first-order chi connectivity index (χ1) is 17.5. The van der Waals surface area contributed by atoms with Crippen LogP contribution in [0.25, 0.3) is 17.9 Å². The van der Waals surface area contributed by atoms with Gasteiger partial charge in [0.05, 0.1) is 11.7 Å². The molecule has 9 nitrogen and oxygen atoms in total. The van der Waals surface area contributed by atoms with Crippen molar-refractivity contribution in [2.24, 2.45) is 17.6 Å². The van der Waals surface area contributed by atoms with Crippen molar-refractivity contribution >= 4 is 35.4 Å². The Bertz CT molecular complexity index is 1450. The number of benzene rings is 2. The number of ketones is 2. The molecule has 190 valence electrons. The molecule has 0 saturated heterocycles. The lowest BCUT2D eigenvalue weighted by Crippen LogP contribution is -2.63. The van der Waals surface area contributed by atoms with Crippen LogP contribution in [0.4, 0.5) is 0 Å². The van der Waals surface area contributed by atoms with Crippen molar-refractivity contribution in [2.45, 2.75) is 31.0 Å². The summed E-state index contributed by atoms with van der Waals surface area (Å²) in [5.74, 6) is -8.76. The minimum absolute atomic E-state index is 0.0398. The zero-order valence-corrected chi connectivity index (χ0v) is 19.8. The summed E-state index contributed by atoms with van der Waals surface area (Å²) < 4.78 is 0. The number of carbonyl (C=O) groups excluding carboxylic acids is 3. The van der Waals surface area contributed by atoms with Gasteiger partial charge in [0, 0.05) is 29.4 Å². The maximum absolute atomic E-state index is 13.7. The van der Waals surface area contributed by atoms with Crippen molar-refractivity contribution in [2.75, 3.05) is 0 Å². The van der Waals surface area contributed by atoms with Gasteiger partial charge < -0.3 is 31.3 Å². The lowest BCUT2D eigenvalue weighted by Gasteiger charge is -2.50. The first-order valence-electron chi connectivity index (χ1n) is 11.7. The van der Waals surface area contributed by atoms with E-state index in [2.05, 4.69) is 0 Å². The average Bonchev–Trinajstić information content (AvgIpc) is 2.86. The van der Waals surface area contributed by atoms with E-state index in [-0.39, 0.29) is 11.3 Å². The number of phenols is 1. The summed E-state index contributed by atoms with van der Waals surface area (Å²) in [7, 11) is 0. The highest BCUT2D eigenvalue weighted by molar-refractivity contribution is 6.23. The smallest absolute Gasteiger partial charge is 0.255 e. The van der Waals surface area contributed by atoms with E-state index in [1.807, 2.05) is 30.3 Å². The molecule has 7 N–H and O–H groups in total. The Morgan fingerprint density at radius 2 is 1.73 bits per heavy atom. The maximum atomic E-state index is 13.7. The zero-order chi connectivity index (χ0) is 26.8. The average molecular weight is 504 g/mol. The molecule has 5 atom stereocenters. The van der Waals surface area contributed by atoms with Gasteiger partial charge >= 0.3 is 0 Å². The molecule has 2 aromatic carbocycles. The largest absolute Gasteiger partial charge is 0.508 e. The number of hydrogen-bond donors (Lipinski definition) is 6. The lowest BCUT2D eigenvalue weighted by atomic mass is 9.55. The van der Waals surface area contributed by atoms with E-state index < -0.39 is 76.0 Å². The van der Waals surface area contributed by atoms with Crippen molar-refractivity contribution < 1.29 is 39.9 Å². The summed E-state index contributed by atoms with van der Waals surface area (Å²) in [6.07, 6.45) is 1.24. The molecule has 1 saturated carbocycles. The number of Topliss-reactive ketones (excluding diaryl/α,β-unsaturated/α-hetero) is 2. The summed E-state index contributed by atoms with van der Waals surface area (Å²) >= 11 is 0. The molecule has 1 amide bonds. The third-order valence-corrected chi connectivity index (χ3v) is 7.79. The van der Waals surface area contributed by atoms with Gasteiger partial charge in [0.2, 0.25) is 5.78 Å². The molecule has 0 bridgehead atoms. The number of aliphatic hydroxyl groups is 4. The second-order valence-electron chi connectivity index (χ2n) is 9.70. The first-order valence-corrected chi connectivity index (χ1v) is 11.7. The van der Waals surface area contributed by atoms with Crippen molar-refractivity contribution in [3.63, 3.8) is 0 Å². The van der Waals surface area contributed by atoms with E-state index in [0.29, 0.717) is 11.1 Å². The van der Waals surface area contributed by atoms with Crippen LogP contribution in [0.5, 0.6) is 5.75 Å². The van der Waals surface area contributed by atoms with Crippen LogP contribution in [-0.2, 0) is 14.4 Å². The van der Waals surface area contributed by atoms with Gasteiger partial charge in [0.25, 0.3) is 5.91 Å². The Hall–Kier alpha value is -4.21. The van der Waals surface area contributed by atoms with Crippen LogP contribution in [0.2, 0.25) is 0 Å². The molecule has 0 heterocycles. The van der Waals surface area contributed by atoms with E-state index in [4.69, 9.17) is 5.73 Å². The van der Waals surface area contributed by atoms with Crippen LogP contribution in [-0.4, -0.2) is 54.7 Å². The fraction of sp³-hybridized carbons (Fsp3) is 0.250. The molecule has 0 aromatic heterocycles. The number of nitrogens with two attached hydrogens (primary N) is 1. The third-order valence-electron chi connectivity index (χ3n) is 7.79. The normalized spacial score (nSPS) is 29.3. The fourth-order valence-corrected chi connectivity index (χ4v) is 5.90. The maximum Gasteiger partial charge on any atom is 0.255 e. The monoisotopic (exact) mass is 503 g/mol. The van der Waals surface area contributed by atoms with Crippen LogP contribution in [0, 0.1) is 11.8 Å². The van der Waals surface area contributed by atoms with Crippen LogP contribution in [0.3, 0.4) is 0 Å². The number of amides is 1. The Balaban J connectivity index is 1.68. The molecule has 3 aliphatic carbocycles. The topological polar surface area (TPSA) is 178 Å². The van der Waals surface area contributed by atoms with Gasteiger partial charge in [0.1, 0.15) is 22.8 Å². The molecule has 9 heteroatoms. The third kappa shape index (κ3) is 3.35. The second kappa shape index (κ2) is 8.43. The predicted octanol–water partition coefficient (Wildman–Crippen LogP) is 2.13.